The monoisotopic (exact) mass is 238 g/mol. The Hall–Kier alpha value is -0.970. The van der Waals surface area contributed by atoms with Gasteiger partial charge in [-0.1, -0.05) is 6.07 Å². The molecule has 1 aromatic rings. The molecule has 0 saturated heterocycles. The highest BCUT2D eigenvalue weighted by atomic mass is 16.7. The smallest absolute Gasteiger partial charge is 0.176 e. The fourth-order valence-electron chi connectivity index (χ4n) is 1.69. The molecule has 17 heavy (non-hydrogen) atoms. The Morgan fingerprint density at radius 1 is 1.24 bits per heavy atom. The van der Waals surface area contributed by atoms with Crippen LogP contribution in [-0.4, -0.2) is 31.5 Å². The van der Waals surface area contributed by atoms with E-state index in [-0.39, 0.29) is 12.3 Å². The maximum atomic E-state index is 5.61. The second kappa shape index (κ2) is 7.37. The summed E-state index contributed by atoms with van der Waals surface area (Å²) in [6, 6.07) is 4.05. The van der Waals surface area contributed by atoms with Gasteiger partial charge in [0, 0.05) is 25.1 Å². The topological polar surface area (TPSA) is 43.4 Å². The van der Waals surface area contributed by atoms with Crippen molar-refractivity contribution in [3.05, 3.63) is 29.6 Å². The third-order valence-corrected chi connectivity index (χ3v) is 2.54. The van der Waals surface area contributed by atoms with Gasteiger partial charge in [0.15, 0.2) is 6.29 Å². The van der Waals surface area contributed by atoms with E-state index in [1.165, 1.54) is 0 Å². The van der Waals surface area contributed by atoms with Crippen LogP contribution >= 0.6 is 0 Å². The third-order valence-electron chi connectivity index (χ3n) is 2.54. The van der Waals surface area contributed by atoms with Gasteiger partial charge in [-0.25, -0.2) is 0 Å². The maximum absolute atomic E-state index is 5.61. The molecule has 1 N–H and O–H groups in total. The molecule has 0 aliphatic rings. The van der Waals surface area contributed by atoms with Crippen molar-refractivity contribution >= 4 is 0 Å². The van der Waals surface area contributed by atoms with Crippen LogP contribution in [0.5, 0.6) is 0 Å². The Balaban J connectivity index is 2.83. The number of likely N-dealkylation sites (N-methyl/N-ethyl adjacent to an activating group) is 1. The maximum Gasteiger partial charge on any atom is 0.176 e. The quantitative estimate of drug-likeness (QED) is 0.738. The van der Waals surface area contributed by atoms with Crippen LogP contribution in [0.25, 0.3) is 0 Å². The Morgan fingerprint density at radius 3 is 2.29 bits per heavy atom. The normalized spacial score (nSPS) is 13.0. The number of nitrogens with zero attached hydrogens (tertiary/aromatic N) is 1. The van der Waals surface area contributed by atoms with E-state index < -0.39 is 0 Å². The van der Waals surface area contributed by atoms with Crippen LogP contribution in [-0.2, 0) is 9.47 Å². The zero-order valence-corrected chi connectivity index (χ0v) is 11.1. The summed E-state index contributed by atoms with van der Waals surface area (Å²) in [7, 11) is 1.90. The van der Waals surface area contributed by atoms with Crippen molar-refractivity contribution in [1.82, 2.24) is 10.3 Å². The molecular formula is C13H22N2O2. The van der Waals surface area contributed by atoms with Crippen LogP contribution in [0.1, 0.15) is 31.1 Å². The van der Waals surface area contributed by atoms with Crippen molar-refractivity contribution in [3.8, 4) is 0 Å². The molecule has 0 radical (unpaired) electrons. The van der Waals surface area contributed by atoms with Gasteiger partial charge in [0.25, 0.3) is 0 Å². The highest BCUT2D eigenvalue weighted by Gasteiger charge is 2.22. The average molecular weight is 238 g/mol. The highest BCUT2D eigenvalue weighted by Crippen LogP contribution is 2.19. The van der Waals surface area contributed by atoms with E-state index >= 15 is 0 Å². The Bertz CT molecular complexity index is 308. The lowest BCUT2D eigenvalue weighted by Gasteiger charge is -2.26. The van der Waals surface area contributed by atoms with E-state index in [0.717, 1.165) is 11.3 Å². The zero-order valence-electron chi connectivity index (χ0n) is 11.1. The molecular weight excluding hydrogens is 216 g/mol. The molecule has 96 valence electrons. The van der Waals surface area contributed by atoms with Gasteiger partial charge >= 0.3 is 0 Å². The summed E-state index contributed by atoms with van der Waals surface area (Å²) in [5.74, 6) is 0. The summed E-state index contributed by atoms with van der Waals surface area (Å²) in [6.45, 7) is 7.16. The van der Waals surface area contributed by atoms with Gasteiger partial charge in [-0.15, -0.1) is 0 Å². The highest BCUT2D eigenvalue weighted by molar-refractivity contribution is 5.17. The molecule has 0 bridgehead atoms. The summed E-state index contributed by atoms with van der Waals surface area (Å²) in [4.78, 5) is 4.30. The SMILES string of the molecule is CCOC(OCC)C(NC)c1ccc(C)nc1. The predicted molar refractivity (Wildman–Crippen MR) is 67.8 cm³/mol. The number of aryl methyl sites for hydroxylation is 1. The number of hydrogen-bond acceptors (Lipinski definition) is 4. The van der Waals surface area contributed by atoms with E-state index in [1.807, 2.05) is 40.1 Å². The van der Waals surface area contributed by atoms with E-state index in [0.29, 0.717) is 13.2 Å². The third kappa shape index (κ3) is 4.07. The molecule has 1 heterocycles. The number of aromatic nitrogens is 1. The molecule has 1 rings (SSSR count). The molecule has 0 spiro atoms. The molecule has 1 unspecified atom stereocenters. The molecule has 4 heteroatoms. The largest absolute Gasteiger partial charge is 0.351 e. The molecule has 0 aliphatic carbocycles. The van der Waals surface area contributed by atoms with Crippen molar-refractivity contribution in [1.29, 1.82) is 0 Å². The first-order chi connectivity index (χ1) is 8.22. The van der Waals surface area contributed by atoms with Crippen LogP contribution in [0.15, 0.2) is 18.3 Å². The fourth-order valence-corrected chi connectivity index (χ4v) is 1.69. The molecule has 0 aliphatic heterocycles. The second-order valence-corrected chi connectivity index (χ2v) is 3.78. The van der Waals surface area contributed by atoms with Gasteiger partial charge in [0.05, 0.1) is 6.04 Å². The van der Waals surface area contributed by atoms with Crippen molar-refractivity contribution in [2.75, 3.05) is 20.3 Å². The summed E-state index contributed by atoms with van der Waals surface area (Å²) < 4.78 is 11.2. The number of rotatable bonds is 7. The van der Waals surface area contributed by atoms with Crippen LogP contribution in [0.4, 0.5) is 0 Å². The van der Waals surface area contributed by atoms with Crippen LogP contribution in [0, 0.1) is 6.92 Å². The lowest BCUT2D eigenvalue weighted by Crippen LogP contribution is -2.34. The number of pyridine rings is 1. The molecule has 0 amide bonds. The Labute approximate surface area is 103 Å². The van der Waals surface area contributed by atoms with Crippen molar-refractivity contribution in [3.63, 3.8) is 0 Å². The molecule has 0 aromatic carbocycles. The van der Waals surface area contributed by atoms with Gasteiger partial charge < -0.3 is 14.8 Å². The molecule has 0 saturated carbocycles. The molecule has 4 nitrogen and oxygen atoms in total. The lowest BCUT2D eigenvalue weighted by atomic mass is 10.1. The van der Waals surface area contributed by atoms with Crippen LogP contribution in [0.2, 0.25) is 0 Å². The number of nitrogens with one attached hydrogen (secondary N) is 1. The Kier molecular flexibility index (Phi) is 6.11. The lowest BCUT2D eigenvalue weighted by molar-refractivity contribution is -0.154. The van der Waals surface area contributed by atoms with Gasteiger partial charge in [0.1, 0.15) is 0 Å². The zero-order chi connectivity index (χ0) is 12.7. The summed E-state index contributed by atoms with van der Waals surface area (Å²) in [5, 5.41) is 3.22. The summed E-state index contributed by atoms with van der Waals surface area (Å²) in [6.07, 6.45) is 1.58. The first-order valence-corrected chi connectivity index (χ1v) is 6.05. The molecule has 1 atom stereocenters. The van der Waals surface area contributed by atoms with Gasteiger partial charge in [-0.2, -0.15) is 0 Å². The number of ether oxygens (including phenoxy) is 2. The molecule has 1 aromatic heterocycles. The summed E-state index contributed by atoms with van der Waals surface area (Å²) in [5.41, 5.74) is 2.08. The van der Waals surface area contributed by atoms with Gasteiger partial charge in [-0.05, 0) is 39.4 Å². The van der Waals surface area contributed by atoms with E-state index in [1.54, 1.807) is 0 Å². The van der Waals surface area contributed by atoms with E-state index in [2.05, 4.69) is 16.4 Å². The summed E-state index contributed by atoms with van der Waals surface area (Å²) >= 11 is 0. The average Bonchev–Trinajstić information content (AvgIpc) is 2.33. The van der Waals surface area contributed by atoms with E-state index in [4.69, 9.17) is 9.47 Å². The van der Waals surface area contributed by atoms with Crippen molar-refractivity contribution in [2.45, 2.75) is 33.1 Å². The van der Waals surface area contributed by atoms with Gasteiger partial charge in [0.2, 0.25) is 0 Å². The van der Waals surface area contributed by atoms with Crippen LogP contribution < -0.4 is 5.32 Å². The minimum atomic E-state index is -0.278. The fraction of sp³-hybridized carbons (Fsp3) is 0.615. The molecule has 0 fully saturated rings. The van der Waals surface area contributed by atoms with Crippen LogP contribution in [0.3, 0.4) is 0 Å². The van der Waals surface area contributed by atoms with E-state index in [9.17, 15) is 0 Å². The Morgan fingerprint density at radius 2 is 1.88 bits per heavy atom. The minimum absolute atomic E-state index is 0.00278. The van der Waals surface area contributed by atoms with Crippen molar-refractivity contribution < 1.29 is 9.47 Å². The second-order valence-electron chi connectivity index (χ2n) is 3.78. The minimum Gasteiger partial charge on any atom is -0.351 e. The van der Waals surface area contributed by atoms with Gasteiger partial charge in [-0.3, -0.25) is 4.98 Å². The predicted octanol–water partition coefficient (Wildman–Crippen LogP) is 2.05. The first-order valence-electron chi connectivity index (χ1n) is 6.05. The van der Waals surface area contributed by atoms with Crippen molar-refractivity contribution in [2.24, 2.45) is 0 Å². The standard InChI is InChI=1S/C13H22N2O2/c1-5-16-13(17-6-2)12(14-4)11-8-7-10(3)15-9-11/h7-9,12-14H,5-6H2,1-4H3. The number of hydrogen-bond donors (Lipinski definition) is 1. The first kappa shape index (κ1) is 14.1.